The van der Waals surface area contributed by atoms with Gasteiger partial charge in [-0.1, -0.05) is 31.4 Å². The van der Waals surface area contributed by atoms with Crippen LogP contribution in [0.2, 0.25) is 0 Å². The molecule has 5 aliphatic carbocycles. The van der Waals surface area contributed by atoms with E-state index < -0.39 is 0 Å². The largest absolute Gasteiger partial charge is 0.497 e. The van der Waals surface area contributed by atoms with Crippen LogP contribution in [0.5, 0.6) is 5.75 Å². The smallest absolute Gasteiger partial charge is 0.229 e. The summed E-state index contributed by atoms with van der Waals surface area (Å²) in [5, 5.41) is 10.9. The molecule has 2 aromatic rings. The number of methoxy groups -OCH3 is 1. The molecule has 1 aromatic carbocycles. The van der Waals surface area contributed by atoms with Gasteiger partial charge in [-0.3, -0.25) is 0 Å². The number of aromatic nitrogens is 3. The zero-order valence-electron chi connectivity index (χ0n) is 20.4. The molecule has 0 unspecified atom stereocenters. The second kappa shape index (κ2) is 9.23. The summed E-state index contributed by atoms with van der Waals surface area (Å²) in [6, 6.07) is 8.57. The van der Waals surface area contributed by atoms with E-state index in [0.717, 1.165) is 29.5 Å². The highest BCUT2D eigenvalue weighted by Crippen LogP contribution is 2.56. The van der Waals surface area contributed by atoms with Crippen LogP contribution in [0.4, 0.5) is 17.8 Å². The van der Waals surface area contributed by atoms with E-state index >= 15 is 0 Å². The normalized spacial score (nSPS) is 30.2. The number of rotatable bonds is 8. The highest BCUT2D eigenvalue weighted by Gasteiger charge is 2.51. The van der Waals surface area contributed by atoms with E-state index in [1.54, 1.807) is 7.11 Å². The Hall–Kier alpha value is -2.57. The Morgan fingerprint density at radius 2 is 1.44 bits per heavy atom. The van der Waals surface area contributed by atoms with Gasteiger partial charge in [0.2, 0.25) is 17.8 Å². The standard InChI is InChI=1S/C27H38N6O/c1-34-23-9-7-18(8-10-23)17-28-24-30-25(29-22-5-3-2-4-6-22)32-26(31-24)33-27-14-19-11-20(15-27)13-21(12-19)16-27/h7-10,19-22H,2-6,11-17H2,1H3,(H3,28,29,30,31,32,33). The van der Waals surface area contributed by atoms with Gasteiger partial charge in [-0.2, -0.15) is 15.0 Å². The molecular weight excluding hydrogens is 424 g/mol. The van der Waals surface area contributed by atoms with Gasteiger partial charge in [-0.05, 0) is 86.8 Å². The Balaban J connectivity index is 1.21. The summed E-state index contributed by atoms with van der Waals surface area (Å²) in [6.07, 6.45) is 14.4. The fourth-order valence-corrected chi connectivity index (χ4v) is 7.43. The quantitative estimate of drug-likeness (QED) is 0.470. The molecule has 3 N–H and O–H groups in total. The average Bonchev–Trinajstić information content (AvgIpc) is 2.82. The molecule has 0 saturated heterocycles. The van der Waals surface area contributed by atoms with Crippen LogP contribution in [0.25, 0.3) is 0 Å². The zero-order chi connectivity index (χ0) is 23.0. The van der Waals surface area contributed by atoms with Gasteiger partial charge >= 0.3 is 0 Å². The molecule has 1 heterocycles. The SMILES string of the molecule is COc1ccc(CNc2nc(NC3CCCCC3)nc(NC34CC5CC(CC(C5)C3)C4)n2)cc1. The van der Waals surface area contributed by atoms with Gasteiger partial charge in [0.05, 0.1) is 7.11 Å². The summed E-state index contributed by atoms with van der Waals surface area (Å²) in [5.74, 6) is 5.58. The van der Waals surface area contributed by atoms with Crippen molar-refractivity contribution in [3.63, 3.8) is 0 Å². The van der Waals surface area contributed by atoms with Gasteiger partial charge in [-0.15, -0.1) is 0 Å². The maximum absolute atomic E-state index is 5.28. The van der Waals surface area contributed by atoms with Crippen molar-refractivity contribution in [1.29, 1.82) is 0 Å². The van der Waals surface area contributed by atoms with Crippen molar-refractivity contribution >= 4 is 17.8 Å². The number of hydrogen-bond donors (Lipinski definition) is 3. The lowest BCUT2D eigenvalue weighted by atomic mass is 9.53. The fraction of sp³-hybridized carbons (Fsp3) is 0.667. The molecule has 182 valence electrons. The third-order valence-corrected chi connectivity index (χ3v) is 8.60. The molecule has 7 rings (SSSR count). The predicted octanol–water partition coefficient (Wildman–Crippen LogP) is 5.62. The first-order valence-electron chi connectivity index (χ1n) is 13.3. The van der Waals surface area contributed by atoms with Crippen LogP contribution in [0.15, 0.2) is 24.3 Å². The van der Waals surface area contributed by atoms with Crippen molar-refractivity contribution < 1.29 is 4.74 Å². The maximum atomic E-state index is 5.28. The second-order valence-corrected chi connectivity index (χ2v) is 11.3. The summed E-state index contributed by atoms with van der Waals surface area (Å²) >= 11 is 0. The van der Waals surface area contributed by atoms with Crippen molar-refractivity contribution in [2.45, 2.75) is 88.8 Å². The number of hydrogen-bond acceptors (Lipinski definition) is 7. The molecule has 0 aliphatic heterocycles. The van der Waals surface area contributed by atoms with Crippen molar-refractivity contribution in [3.05, 3.63) is 29.8 Å². The van der Waals surface area contributed by atoms with Crippen molar-refractivity contribution in [2.75, 3.05) is 23.1 Å². The highest BCUT2D eigenvalue weighted by atomic mass is 16.5. The molecule has 4 bridgehead atoms. The zero-order valence-corrected chi connectivity index (χ0v) is 20.4. The molecule has 5 fully saturated rings. The Morgan fingerprint density at radius 3 is 2.09 bits per heavy atom. The van der Waals surface area contributed by atoms with Crippen molar-refractivity contribution in [1.82, 2.24) is 15.0 Å². The molecule has 0 atom stereocenters. The van der Waals surface area contributed by atoms with Crippen LogP contribution in [0.1, 0.15) is 76.2 Å². The van der Waals surface area contributed by atoms with E-state index in [0.29, 0.717) is 24.5 Å². The third-order valence-electron chi connectivity index (χ3n) is 8.60. The highest BCUT2D eigenvalue weighted by molar-refractivity contribution is 5.45. The van der Waals surface area contributed by atoms with Crippen LogP contribution in [-0.2, 0) is 6.54 Å². The molecule has 7 nitrogen and oxygen atoms in total. The van der Waals surface area contributed by atoms with E-state index in [-0.39, 0.29) is 5.54 Å². The summed E-state index contributed by atoms with van der Waals surface area (Å²) in [5.41, 5.74) is 1.34. The maximum Gasteiger partial charge on any atom is 0.229 e. The lowest BCUT2D eigenvalue weighted by Crippen LogP contribution is -2.55. The third kappa shape index (κ3) is 4.80. The van der Waals surface area contributed by atoms with Crippen LogP contribution in [0.3, 0.4) is 0 Å². The van der Waals surface area contributed by atoms with Gasteiger partial charge in [0.25, 0.3) is 0 Å². The van der Waals surface area contributed by atoms with Crippen LogP contribution in [-0.4, -0.2) is 33.6 Å². The predicted molar refractivity (Wildman–Crippen MR) is 135 cm³/mol. The van der Waals surface area contributed by atoms with E-state index in [9.17, 15) is 0 Å². The van der Waals surface area contributed by atoms with Gasteiger partial charge < -0.3 is 20.7 Å². The number of ether oxygens (including phenoxy) is 1. The van der Waals surface area contributed by atoms with Gasteiger partial charge in [-0.25, -0.2) is 0 Å². The molecule has 34 heavy (non-hydrogen) atoms. The van der Waals surface area contributed by atoms with E-state index in [1.165, 1.54) is 76.2 Å². The van der Waals surface area contributed by atoms with E-state index in [2.05, 4.69) is 28.1 Å². The van der Waals surface area contributed by atoms with Gasteiger partial charge in [0.15, 0.2) is 0 Å². The molecular formula is C27H38N6O. The van der Waals surface area contributed by atoms with E-state index in [1.807, 2.05) is 12.1 Å². The lowest BCUT2D eigenvalue weighted by Gasteiger charge is -2.56. The van der Waals surface area contributed by atoms with Gasteiger partial charge in [0.1, 0.15) is 5.75 Å². The van der Waals surface area contributed by atoms with Crippen molar-refractivity contribution in [3.8, 4) is 5.75 Å². The lowest BCUT2D eigenvalue weighted by molar-refractivity contribution is 0.0103. The molecule has 5 aliphatic rings. The first kappa shape index (κ1) is 21.9. The molecule has 1 aromatic heterocycles. The number of anilines is 3. The van der Waals surface area contributed by atoms with E-state index in [4.69, 9.17) is 19.7 Å². The van der Waals surface area contributed by atoms with Crippen LogP contribution < -0.4 is 20.7 Å². The fourth-order valence-electron chi connectivity index (χ4n) is 7.43. The Morgan fingerprint density at radius 1 is 0.824 bits per heavy atom. The average molecular weight is 463 g/mol. The monoisotopic (exact) mass is 462 g/mol. The summed E-state index contributed by atoms with van der Waals surface area (Å²) < 4.78 is 5.28. The summed E-state index contributed by atoms with van der Waals surface area (Å²) in [7, 11) is 1.69. The molecule has 7 heteroatoms. The molecule has 0 amide bonds. The second-order valence-electron chi connectivity index (χ2n) is 11.3. The minimum absolute atomic E-state index is 0.172. The summed E-state index contributed by atoms with van der Waals surface area (Å²) in [4.78, 5) is 14.5. The molecule has 0 spiro atoms. The molecule has 5 saturated carbocycles. The minimum atomic E-state index is 0.172. The number of nitrogens with zero attached hydrogens (tertiary/aromatic N) is 3. The minimum Gasteiger partial charge on any atom is -0.497 e. The Labute approximate surface area is 202 Å². The molecule has 0 radical (unpaired) electrons. The first-order valence-corrected chi connectivity index (χ1v) is 13.3. The topological polar surface area (TPSA) is 84.0 Å². The van der Waals surface area contributed by atoms with Crippen LogP contribution >= 0.6 is 0 Å². The number of benzene rings is 1. The summed E-state index contributed by atoms with van der Waals surface area (Å²) in [6.45, 7) is 0.660. The van der Waals surface area contributed by atoms with Gasteiger partial charge in [0, 0.05) is 18.1 Å². The Bertz CT molecular complexity index is 952. The Kier molecular flexibility index (Phi) is 5.95. The van der Waals surface area contributed by atoms with Crippen molar-refractivity contribution in [2.24, 2.45) is 17.8 Å². The number of nitrogens with one attached hydrogen (secondary N) is 3. The van der Waals surface area contributed by atoms with Crippen LogP contribution in [0, 0.1) is 17.8 Å². The first-order chi connectivity index (χ1) is 16.6.